The van der Waals surface area contributed by atoms with Crippen molar-refractivity contribution >= 4 is 17.6 Å². The van der Waals surface area contributed by atoms with Gasteiger partial charge >= 0.3 is 5.97 Å². The molecule has 0 unspecified atom stereocenters. The van der Waals surface area contributed by atoms with Crippen molar-refractivity contribution in [1.82, 2.24) is 4.98 Å². The van der Waals surface area contributed by atoms with Crippen molar-refractivity contribution in [3.05, 3.63) is 24.5 Å². The van der Waals surface area contributed by atoms with E-state index in [0.717, 1.165) is 5.69 Å². The fourth-order valence-corrected chi connectivity index (χ4v) is 1.71. The average molecular weight is 250 g/mol. The first-order valence-corrected chi connectivity index (χ1v) is 5.70. The van der Waals surface area contributed by atoms with Gasteiger partial charge in [-0.25, -0.2) is 0 Å². The molecule has 0 aliphatic carbocycles. The van der Waals surface area contributed by atoms with E-state index >= 15 is 0 Å². The fourth-order valence-electron chi connectivity index (χ4n) is 1.71. The highest BCUT2D eigenvalue weighted by molar-refractivity contribution is 5.93. The lowest BCUT2D eigenvalue weighted by molar-refractivity contribution is -0.139. The van der Waals surface area contributed by atoms with Crippen molar-refractivity contribution in [3.8, 4) is 0 Å². The first-order chi connectivity index (χ1) is 8.32. The van der Waals surface area contributed by atoms with Crippen molar-refractivity contribution in [2.75, 3.05) is 11.9 Å². The molecule has 1 amide bonds. The number of aliphatic carboxylic acids is 1. The molecule has 1 aromatic rings. The monoisotopic (exact) mass is 250 g/mol. The van der Waals surface area contributed by atoms with Crippen molar-refractivity contribution in [2.45, 2.75) is 26.7 Å². The number of hydrogen-bond acceptors (Lipinski definition) is 3. The van der Waals surface area contributed by atoms with Crippen LogP contribution < -0.4 is 4.90 Å². The van der Waals surface area contributed by atoms with Gasteiger partial charge in [0.1, 0.15) is 0 Å². The zero-order valence-corrected chi connectivity index (χ0v) is 10.9. The van der Waals surface area contributed by atoms with Gasteiger partial charge in [0, 0.05) is 31.5 Å². The summed E-state index contributed by atoms with van der Waals surface area (Å²) in [6.07, 6.45) is 3.39. The Bertz CT molecular complexity index is 429. The summed E-state index contributed by atoms with van der Waals surface area (Å²) >= 11 is 0. The maximum Gasteiger partial charge on any atom is 0.303 e. The Balaban J connectivity index is 2.68. The lowest BCUT2D eigenvalue weighted by Gasteiger charge is -2.25. The molecule has 0 spiro atoms. The van der Waals surface area contributed by atoms with Gasteiger partial charge in [-0.1, -0.05) is 13.8 Å². The van der Waals surface area contributed by atoms with Crippen LogP contribution in [0.2, 0.25) is 0 Å². The van der Waals surface area contributed by atoms with E-state index < -0.39 is 11.4 Å². The third kappa shape index (κ3) is 4.16. The number of carboxylic acid groups (broad SMARTS) is 1. The number of hydrogen-bond donors (Lipinski definition) is 1. The number of carbonyl (C=O) groups is 2. The van der Waals surface area contributed by atoms with Crippen LogP contribution in [0.25, 0.3) is 0 Å². The van der Waals surface area contributed by atoms with Crippen LogP contribution in [0.5, 0.6) is 0 Å². The van der Waals surface area contributed by atoms with E-state index in [2.05, 4.69) is 4.98 Å². The van der Waals surface area contributed by atoms with Crippen molar-refractivity contribution in [1.29, 1.82) is 0 Å². The summed E-state index contributed by atoms with van der Waals surface area (Å²) in [6, 6.07) is 3.48. The molecule has 1 aromatic heterocycles. The van der Waals surface area contributed by atoms with Gasteiger partial charge in [-0.2, -0.15) is 0 Å². The highest BCUT2D eigenvalue weighted by atomic mass is 16.4. The Kier molecular flexibility index (Phi) is 4.42. The number of nitrogens with zero attached hydrogens (tertiary/aromatic N) is 2. The Labute approximate surface area is 106 Å². The van der Waals surface area contributed by atoms with E-state index in [1.807, 2.05) is 0 Å². The van der Waals surface area contributed by atoms with Gasteiger partial charge in [0.2, 0.25) is 5.91 Å². The van der Waals surface area contributed by atoms with E-state index in [1.54, 1.807) is 45.4 Å². The van der Waals surface area contributed by atoms with E-state index in [4.69, 9.17) is 5.11 Å². The quantitative estimate of drug-likeness (QED) is 0.866. The zero-order valence-electron chi connectivity index (χ0n) is 10.9. The summed E-state index contributed by atoms with van der Waals surface area (Å²) < 4.78 is 0. The van der Waals surface area contributed by atoms with Gasteiger partial charge in [0.05, 0.1) is 6.42 Å². The first-order valence-electron chi connectivity index (χ1n) is 5.70. The minimum atomic E-state index is -0.889. The van der Waals surface area contributed by atoms with Crippen LogP contribution in [-0.2, 0) is 9.59 Å². The molecule has 1 N–H and O–H groups in total. The number of carbonyl (C=O) groups excluding carboxylic acids is 1. The smallest absolute Gasteiger partial charge is 0.303 e. The fraction of sp³-hybridized carbons (Fsp3) is 0.462. The van der Waals surface area contributed by atoms with Crippen molar-refractivity contribution < 1.29 is 14.7 Å². The molecule has 0 aliphatic heterocycles. The summed E-state index contributed by atoms with van der Waals surface area (Å²) in [7, 11) is 1.68. The molecule has 0 saturated carbocycles. The Hall–Kier alpha value is -1.91. The summed E-state index contributed by atoms with van der Waals surface area (Å²) in [5.41, 5.74) is 0.200. The summed E-state index contributed by atoms with van der Waals surface area (Å²) in [5.74, 6) is -0.994. The highest BCUT2D eigenvalue weighted by Gasteiger charge is 2.27. The molecule has 0 aromatic carbocycles. The van der Waals surface area contributed by atoms with Gasteiger partial charge in [-0.3, -0.25) is 14.6 Å². The molecule has 98 valence electrons. The Morgan fingerprint density at radius 2 is 1.83 bits per heavy atom. The molecule has 0 radical (unpaired) electrons. The van der Waals surface area contributed by atoms with Crippen LogP contribution in [0.3, 0.4) is 0 Å². The van der Waals surface area contributed by atoms with Crippen LogP contribution in [-0.4, -0.2) is 29.0 Å². The minimum Gasteiger partial charge on any atom is -0.481 e. The number of rotatable bonds is 5. The molecular formula is C13H18N2O3. The van der Waals surface area contributed by atoms with Gasteiger partial charge in [0.15, 0.2) is 0 Å². The number of aromatic nitrogens is 1. The normalized spacial score (nSPS) is 11.1. The lowest BCUT2D eigenvalue weighted by Crippen LogP contribution is -2.31. The molecular weight excluding hydrogens is 232 g/mol. The molecule has 0 saturated heterocycles. The summed E-state index contributed by atoms with van der Waals surface area (Å²) in [6.45, 7) is 3.55. The van der Waals surface area contributed by atoms with Crippen molar-refractivity contribution in [2.24, 2.45) is 5.41 Å². The molecule has 5 nitrogen and oxygen atoms in total. The van der Waals surface area contributed by atoms with Crippen LogP contribution in [0, 0.1) is 5.41 Å². The molecule has 0 atom stereocenters. The largest absolute Gasteiger partial charge is 0.481 e. The Morgan fingerprint density at radius 1 is 1.28 bits per heavy atom. The third-order valence-electron chi connectivity index (χ3n) is 2.68. The Morgan fingerprint density at radius 3 is 2.33 bits per heavy atom. The SMILES string of the molecule is CN(C(=O)CC(C)(C)CC(=O)O)c1ccncc1. The molecule has 0 aliphatic rings. The van der Waals surface area contributed by atoms with Gasteiger partial charge in [0.25, 0.3) is 0 Å². The molecule has 0 bridgehead atoms. The maximum atomic E-state index is 12.1. The molecule has 5 heteroatoms. The summed E-state index contributed by atoms with van der Waals surface area (Å²) in [4.78, 5) is 28.2. The summed E-state index contributed by atoms with van der Waals surface area (Å²) in [5, 5.41) is 8.78. The first kappa shape index (κ1) is 14.2. The second kappa shape index (κ2) is 5.62. The number of anilines is 1. The van der Waals surface area contributed by atoms with E-state index in [-0.39, 0.29) is 18.7 Å². The van der Waals surface area contributed by atoms with Crippen molar-refractivity contribution in [3.63, 3.8) is 0 Å². The average Bonchev–Trinajstić information content (AvgIpc) is 2.26. The maximum absolute atomic E-state index is 12.1. The number of carboxylic acids is 1. The molecule has 18 heavy (non-hydrogen) atoms. The van der Waals surface area contributed by atoms with Crippen LogP contribution in [0.4, 0.5) is 5.69 Å². The predicted molar refractivity (Wildman–Crippen MR) is 68.3 cm³/mol. The number of amides is 1. The van der Waals surface area contributed by atoms with Gasteiger partial charge < -0.3 is 10.0 Å². The van der Waals surface area contributed by atoms with Crippen LogP contribution in [0.1, 0.15) is 26.7 Å². The highest BCUT2D eigenvalue weighted by Crippen LogP contribution is 2.26. The van der Waals surface area contributed by atoms with Crippen LogP contribution >= 0.6 is 0 Å². The van der Waals surface area contributed by atoms with Gasteiger partial charge in [-0.05, 0) is 17.5 Å². The third-order valence-corrected chi connectivity index (χ3v) is 2.68. The second-order valence-electron chi connectivity index (χ2n) is 5.07. The standard InChI is InChI=1S/C13H18N2O3/c1-13(2,9-12(17)18)8-11(16)15(3)10-4-6-14-7-5-10/h4-7H,8-9H2,1-3H3,(H,17,18). The lowest BCUT2D eigenvalue weighted by atomic mass is 9.85. The minimum absolute atomic E-state index is 0.0249. The molecule has 1 heterocycles. The van der Waals surface area contributed by atoms with Crippen LogP contribution in [0.15, 0.2) is 24.5 Å². The topological polar surface area (TPSA) is 70.5 Å². The second-order valence-corrected chi connectivity index (χ2v) is 5.07. The number of pyridine rings is 1. The van der Waals surface area contributed by atoms with E-state index in [0.29, 0.717) is 0 Å². The molecule has 1 rings (SSSR count). The van der Waals surface area contributed by atoms with E-state index in [1.165, 1.54) is 4.90 Å². The zero-order chi connectivity index (χ0) is 13.8. The van der Waals surface area contributed by atoms with E-state index in [9.17, 15) is 9.59 Å². The molecule has 0 fully saturated rings. The van der Waals surface area contributed by atoms with Gasteiger partial charge in [-0.15, -0.1) is 0 Å². The predicted octanol–water partition coefficient (Wildman–Crippen LogP) is 1.94.